The highest BCUT2D eigenvalue weighted by atomic mass is 19.1. The fraction of sp³-hybridized carbons (Fsp3) is 0.212. The lowest BCUT2D eigenvalue weighted by Gasteiger charge is -2.17. The molecule has 0 aliphatic rings. The molecule has 7 nitrogen and oxygen atoms in total. The zero-order valence-corrected chi connectivity index (χ0v) is 23.5. The number of aromatic nitrogens is 1. The van der Waals surface area contributed by atoms with Gasteiger partial charge in [-0.05, 0) is 79.6 Å². The third-order valence-electron chi connectivity index (χ3n) is 6.74. The Morgan fingerprint density at radius 2 is 1.30 bits per heavy atom. The third-order valence-corrected chi connectivity index (χ3v) is 6.74. The van der Waals surface area contributed by atoms with Crippen molar-refractivity contribution < 1.29 is 38.1 Å². The Kier molecular flexibility index (Phi) is 9.84. The first-order chi connectivity index (χ1) is 20.4. The van der Waals surface area contributed by atoms with Crippen molar-refractivity contribution in [2.75, 3.05) is 5.32 Å². The molecule has 4 N–H and O–H groups in total. The Labute approximate surface area is 246 Å². The molecular formula is C33H31F3N2O5. The van der Waals surface area contributed by atoms with Crippen LogP contribution in [0, 0.1) is 17.5 Å². The van der Waals surface area contributed by atoms with Crippen LogP contribution in [0.3, 0.4) is 0 Å². The Balaban J connectivity index is 1.97. The van der Waals surface area contributed by atoms with E-state index in [0.29, 0.717) is 33.6 Å². The number of nitrogens with one attached hydrogen (secondary N) is 1. The number of anilines is 1. The SMILES string of the molecule is CC(C)n1c(C=CC(O)CC(O)CC(=O)O)c(-c2ccc(F)cc2)c(-c2ccc(F)cc2)c1C(=O)Nc1ccc(F)cc1. The molecule has 0 saturated carbocycles. The second-order valence-electron chi connectivity index (χ2n) is 10.3. The number of amides is 1. The summed E-state index contributed by atoms with van der Waals surface area (Å²) in [4.78, 5) is 25.0. The first kappa shape index (κ1) is 31.3. The van der Waals surface area contributed by atoms with Crippen molar-refractivity contribution in [3.8, 4) is 22.3 Å². The summed E-state index contributed by atoms with van der Waals surface area (Å²) in [6.45, 7) is 3.67. The molecular weight excluding hydrogens is 561 g/mol. The summed E-state index contributed by atoms with van der Waals surface area (Å²) in [5.41, 5.74) is 2.84. The molecule has 0 fully saturated rings. The average molecular weight is 593 g/mol. The maximum absolute atomic E-state index is 14.0. The van der Waals surface area contributed by atoms with Crippen LogP contribution in [0.1, 0.15) is 48.9 Å². The van der Waals surface area contributed by atoms with E-state index in [1.807, 2.05) is 13.8 Å². The predicted octanol–water partition coefficient (Wildman–Crippen LogP) is 6.67. The van der Waals surface area contributed by atoms with E-state index in [1.54, 1.807) is 10.6 Å². The van der Waals surface area contributed by atoms with E-state index >= 15 is 0 Å². The molecule has 224 valence electrons. The molecule has 2 atom stereocenters. The van der Waals surface area contributed by atoms with E-state index in [2.05, 4.69) is 5.32 Å². The van der Waals surface area contributed by atoms with Gasteiger partial charge in [-0.2, -0.15) is 0 Å². The van der Waals surface area contributed by atoms with Gasteiger partial charge in [-0.25, -0.2) is 13.2 Å². The van der Waals surface area contributed by atoms with Gasteiger partial charge in [0, 0.05) is 35.0 Å². The molecule has 43 heavy (non-hydrogen) atoms. The molecule has 0 aliphatic carbocycles. The second-order valence-corrected chi connectivity index (χ2v) is 10.3. The number of carbonyl (C=O) groups is 2. The minimum atomic E-state index is -1.29. The van der Waals surface area contributed by atoms with Crippen molar-refractivity contribution in [1.82, 2.24) is 4.57 Å². The van der Waals surface area contributed by atoms with Crippen LogP contribution in [0.4, 0.5) is 18.9 Å². The van der Waals surface area contributed by atoms with Gasteiger partial charge in [-0.1, -0.05) is 30.3 Å². The first-order valence-corrected chi connectivity index (χ1v) is 13.6. The summed E-state index contributed by atoms with van der Waals surface area (Å²) in [6.07, 6.45) is -0.397. The fourth-order valence-corrected chi connectivity index (χ4v) is 4.91. The van der Waals surface area contributed by atoms with Crippen LogP contribution in [0.2, 0.25) is 0 Å². The number of hydrogen-bond acceptors (Lipinski definition) is 4. The van der Waals surface area contributed by atoms with Gasteiger partial charge in [0.25, 0.3) is 5.91 Å². The van der Waals surface area contributed by atoms with Crippen molar-refractivity contribution in [3.63, 3.8) is 0 Å². The number of aliphatic carboxylic acids is 1. The smallest absolute Gasteiger partial charge is 0.305 e. The van der Waals surface area contributed by atoms with Crippen LogP contribution >= 0.6 is 0 Å². The van der Waals surface area contributed by atoms with Gasteiger partial charge in [0.05, 0.1) is 18.6 Å². The van der Waals surface area contributed by atoms with Crippen molar-refractivity contribution in [1.29, 1.82) is 0 Å². The molecule has 10 heteroatoms. The van der Waals surface area contributed by atoms with Crippen LogP contribution in [0.15, 0.2) is 78.9 Å². The molecule has 3 aromatic carbocycles. The molecule has 1 amide bonds. The highest BCUT2D eigenvalue weighted by Gasteiger charge is 2.29. The van der Waals surface area contributed by atoms with Gasteiger partial charge in [-0.15, -0.1) is 0 Å². The number of benzene rings is 3. The summed E-state index contributed by atoms with van der Waals surface area (Å²) in [6, 6.07) is 16.0. The zero-order valence-electron chi connectivity index (χ0n) is 23.5. The lowest BCUT2D eigenvalue weighted by Crippen LogP contribution is -2.20. The minimum Gasteiger partial charge on any atom is -0.481 e. The van der Waals surface area contributed by atoms with E-state index < -0.39 is 48.0 Å². The monoisotopic (exact) mass is 592 g/mol. The summed E-state index contributed by atoms with van der Waals surface area (Å²) < 4.78 is 43.3. The van der Waals surface area contributed by atoms with Gasteiger partial charge in [0.2, 0.25) is 0 Å². The molecule has 0 bridgehead atoms. The number of aliphatic hydroxyl groups excluding tert-OH is 2. The number of carboxylic acid groups (broad SMARTS) is 1. The summed E-state index contributed by atoms with van der Waals surface area (Å²) in [7, 11) is 0. The van der Waals surface area contributed by atoms with E-state index in [4.69, 9.17) is 5.11 Å². The van der Waals surface area contributed by atoms with Crippen molar-refractivity contribution in [2.24, 2.45) is 0 Å². The molecule has 0 radical (unpaired) electrons. The number of carbonyl (C=O) groups excluding carboxylic acids is 1. The van der Waals surface area contributed by atoms with Gasteiger partial charge >= 0.3 is 5.97 Å². The number of carboxylic acids is 1. The van der Waals surface area contributed by atoms with Gasteiger partial charge in [-0.3, -0.25) is 9.59 Å². The third kappa shape index (κ3) is 7.59. The minimum absolute atomic E-state index is 0.172. The fourth-order valence-electron chi connectivity index (χ4n) is 4.91. The standard InChI is InChI=1S/C33H31F3N2O5/c1-19(2)38-28(16-15-26(39)17-27(40)18-29(41)42)30(20-3-7-22(34)8-4-20)31(21-5-9-23(35)10-6-21)32(38)33(43)37-25-13-11-24(36)12-14-25/h3-16,19,26-27,39-40H,17-18H2,1-2H3,(H,37,43)(H,41,42). The first-order valence-electron chi connectivity index (χ1n) is 13.6. The summed E-state index contributed by atoms with van der Waals surface area (Å²) in [5.74, 6) is -3.22. The van der Waals surface area contributed by atoms with Gasteiger partial charge in [0.1, 0.15) is 23.1 Å². The van der Waals surface area contributed by atoms with E-state index in [-0.39, 0.29) is 18.2 Å². The quantitative estimate of drug-likeness (QED) is 0.155. The second kappa shape index (κ2) is 13.5. The Bertz CT molecular complexity index is 1610. The van der Waals surface area contributed by atoms with Crippen LogP contribution in [0.25, 0.3) is 28.3 Å². The zero-order chi connectivity index (χ0) is 31.3. The summed E-state index contributed by atoms with van der Waals surface area (Å²) in [5, 5.41) is 32.4. The molecule has 0 aliphatic heterocycles. The van der Waals surface area contributed by atoms with E-state index in [9.17, 15) is 33.0 Å². The van der Waals surface area contributed by atoms with Crippen LogP contribution in [-0.2, 0) is 4.79 Å². The molecule has 4 aromatic rings. The van der Waals surface area contributed by atoms with Gasteiger partial charge in [0.15, 0.2) is 0 Å². The van der Waals surface area contributed by atoms with Crippen LogP contribution in [-0.4, -0.2) is 44.0 Å². The predicted molar refractivity (Wildman–Crippen MR) is 158 cm³/mol. The largest absolute Gasteiger partial charge is 0.481 e. The molecule has 4 rings (SSSR count). The number of rotatable bonds is 11. The number of hydrogen-bond donors (Lipinski definition) is 4. The molecule has 1 aromatic heterocycles. The van der Waals surface area contributed by atoms with Crippen LogP contribution < -0.4 is 5.32 Å². The molecule has 0 saturated heterocycles. The summed E-state index contributed by atoms with van der Waals surface area (Å²) >= 11 is 0. The number of aliphatic hydroxyl groups is 2. The number of halogens is 3. The normalized spacial score (nSPS) is 12.9. The molecule has 1 heterocycles. The maximum atomic E-state index is 14.0. The van der Waals surface area contributed by atoms with E-state index in [0.717, 1.165) is 0 Å². The number of nitrogens with zero attached hydrogens (tertiary/aromatic N) is 1. The Morgan fingerprint density at radius 1 is 0.814 bits per heavy atom. The highest BCUT2D eigenvalue weighted by molar-refractivity contribution is 6.11. The average Bonchev–Trinajstić information content (AvgIpc) is 3.29. The van der Waals surface area contributed by atoms with Crippen molar-refractivity contribution in [3.05, 3.63) is 108 Å². The Hall–Kier alpha value is -4.67. The lowest BCUT2D eigenvalue weighted by atomic mass is 9.94. The van der Waals surface area contributed by atoms with Crippen molar-refractivity contribution >= 4 is 23.6 Å². The van der Waals surface area contributed by atoms with Crippen molar-refractivity contribution in [2.45, 2.75) is 44.9 Å². The highest BCUT2D eigenvalue weighted by Crippen LogP contribution is 2.43. The van der Waals surface area contributed by atoms with Gasteiger partial charge < -0.3 is 25.2 Å². The Morgan fingerprint density at radius 3 is 1.79 bits per heavy atom. The maximum Gasteiger partial charge on any atom is 0.305 e. The van der Waals surface area contributed by atoms with E-state index in [1.165, 1.54) is 78.9 Å². The topological polar surface area (TPSA) is 112 Å². The van der Waals surface area contributed by atoms with Crippen LogP contribution in [0.5, 0.6) is 0 Å². The lowest BCUT2D eigenvalue weighted by molar-refractivity contribution is -0.139. The molecule has 0 spiro atoms. The molecule has 2 unspecified atom stereocenters.